The summed E-state index contributed by atoms with van der Waals surface area (Å²) >= 11 is 0. The van der Waals surface area contributed by atoms with E-state index in [4.69, 9.17) is 10.2 Å². The van der Waals surface area contributed by atoms with Crippen LogP contribution in [0.2, 0.25) is 0 Å². The van der Waals surface area contributed by atoms with E-state index in [-0.39, 0.29) is 11.9 Å². The Morgan fingerprint density at radius 1 is 1.42 bits per heavy atom. The zero-order chi connectivity index (χ0) is 13.2. The van der Waals surface area contributed by atoms with Gasteiger partial charge in [-0.2, -0.15) is 0 Å². The van der Waals surface area contributed by atoms with Crippen molar-refractivity contribution in [2.75, 3.05) is 5.73 Å². The Labute approximate surface area is 110 Å². The number of amides is 1. The highest BCUT2D eigenvalue weighted by Crippen LogP contribution is 2.20. The van der Waals surface area contributed by atoms with Gasteiger partial charge in [-0.05, 0) is 31.4 Å². The number of nitrogens with two attached hydrogens (primary N) is 1. The summed E-state index contributed by atoms with van der Waals surface area (Å²) in [6.07, 6.45) is 6.18. The van der Waals surface area contributed by atoms with Crippen molar-refractivity contribution in [3.05, 3.63) is 30.3 Å². The Morgan fingerprint density at radius 3 is 2.89 bits per heavy atom. The van der Waals surface area contributed by atoms with Crippen LogP contribution in [0.5, 0.6) is 0 Å². The first-order valence-corrected chi connectivity index (χ1v) is 6.20. The fourth-order valence-corrected chi connectivity index (χ4v) is 1.85. The fraction of sp³-hybridized carbons (Fsp3) is 0.308. The molecule has 2 aromatic heterocycles. The second kappa shape index (κ2) is 4.72. The number of pyridine rings is 1. The van der Waals surface area contributed by atoms with Gasteiger partial charge >= 0.3 is 0 Å². The summed E-state index contributed by atoms with van der Waals surface area (Å²) in [4.78, 5) is 20.0. The second-order valence-electron chi connectivity index (χ2n) is 4.61. The maximum absolute atomic E-state index is 11.9. The number of anilines is 1. The highest BCUT2D eigenvalue weighted by Gasteiger charge is 2.22. The van der Waals surface area contributed by atoms with Crippen LogP contribution >= 0.6 is 0 Å². The van der Waals surface area contributed by atoms with Gasteiger partial charge in [-0.15, -0.1) is 0 Å². The number of aromatic nitrogens is 2. The number of rotatable bonds is 3. The van der Waals surface area contributed by atoms with Crippen molar-refractivity contribution in [1.82, 2.24) is 15.3 Å². The maximum Gasteiger partial charge on any atom is 0.273 e. The molecule has 6 nitrogen and oxygen atoms in total. The molecule has 0 aromatic carbocycles. The molecule has 0 bridgehead atoms. The Balaban J connectivity index is 1.74. The topological polar surface area (TPSA) is 94.0 Å². The number of nitrogens with one attached hydrogen (secondary N) is 1. The molecule has 1 fully saturated rings. The third-order valence-corrected chi connectivity index (χ3v) is 3.21. The van der Waals surface area contributed by atoms with E-state index in [1.54, 1.807) is 18.3 Å². The van der Waals surface area contributed by atoms with Crippen LogP contribution in [0.3, 0.4) is 0 Å². The number of carbonyl (C=O) groups is 1. The minimum absolute atomic E-state index is 0.192. The first kappa shape index (κ1) is 11.7. The number of hydrogen-bond donors (Lipinski definition) is 2. The summed E-state index contributed by atoms with van der Waals surface area (Å²) in [5.74, 6) is 0.604. The largest absolute Gasteiger partial charge is 0.444 e. The lowest BCUT2D eigenvalue weighted by Crippen LogP contribution is -2.39. The molecule has 1 saturated carbocycles. The summed E-state index contributed by atoms with van der Waals surface area (Å²) in [7, 11) is 0. The molecule has 19 heavy (non-hydrogen) atoms. The predicted octanol–water partition coefficient (Wildman–Crippen LogP) is 1.60. The van der Waals surface area contributed by atoms with Crippen molar-refractivity contribution < 1.29 is 9.21 Å². The summed E-state index contributed by atoms with van der Waals surface area (Å²) in [6.45, 7) is 0. The third kappa shape index (κ3) is 2.42. The van der Waals surface area contributed by atoms with Crippen molar-refractivity contribution in [2.45, 2.75) is 25.3 Å². The summed E-state index contributed by atoms with van der Waals surface area (Å²) in [5, 5.41) is 2.91. The van der Waals surface area contributed by atoms with Gasteiger partial charge in [0, 0.05) is 12.2 Å². The van der Waals surface area contributed by atoms with E-state index >= 15 is 0 Å². The van der Waals surface area contributed by atoms with Gasteiger partial charge in [0.25, 0.3) is 5.91 Å². The van der Waals surface area contributed by atoms with Gasteiger partial charge in [0.1, 0.15) is 12.1 Å². The summed E-state index contributed by atoms with van der Waals surface area (Å²) < 4.78 is 5.29. The van der Waals surface area contributed by atoms with E-state index in [1.807, 2.05) is 0 Å². The minimum Gasteiger partial charge on any atom is -0.444 e. The SMILES string of the molecule is Nc1ccc(-c2nc(C(=O)NC3CCC3)co2)cn1. The van der Waals surface area contributed by atoms with Crippen LogP contribution in [-0.4, -0.2) is 21.9 Å². The smallest absolute Gasteiger partial charge is 0.273 e. The maximum atomic E-state index is 11.9. The zero-order valence-electron chi connectivity index (χ0n) is 10.3. The monoisotopic (exact) mass is 258 g/mol. The average Bonchev–Trinajstić information content (AvgIpc) is 2.84. The number of nitrogen functional groups attached to an aromatic ring is 1. The molecule has 0 spiro atoms. The Bertz CT molecular complexity index is 587. The van der Waals surface area contributed by atoms with Gasteiger partial charge in [0.15, 0.2) is 5.69 Å². The van der Waals surface area contributed by atoms with Gasteiger partial charge in [0.05, 0.1) is 5.56 Å². The number of oxazole rings is 1. The molecule has 2 heterocycles. The van der Waals surface area contributed by atoms with Crippen molar-refractivity contribution in [3.63, 3.8) is 0 Å². The van der Waals surface area contributed by atoms with Crippen molar-refractivity contribution in [3.8, 4) is 11.5 Å². The van der Waals surface area contributed by atoms with Crippen LogP contribution in [0.25, 0.3) is 11.5 Å². The third-order valence-electron chi connectivity index (χ3n) is 3.21. The van der Waals surface area contributed by atoms with Crippen LogP contribution in [0, 0.1) is 0 Å². The van der Waals surface area contributed by atoms with Gasteiger partial charge in [0.2, 0.25) is 5.89 Å². The number of hydrogen-bond acceptors (Lipinski definition) is 5. The lowest BCUT2D eigenvalue weighted by atomic mass is 9.93. The highest BCUT2D eigenvalue weighted by atomic mass is 16.3. The first-order valence-electron chi connectivity index (χ1n) is 6.20. The predicted molar refractivity (Wildman–Crippen MR) is 69.3 cm³/mol. The van der Waals surface area contributed by atoms with E-state index in [1.165, 1.54) is 12.7 Å². The standard InChI is InChI=1S/C13H14N4O2/c14-11-5-4-8(6-15-11)13-17-10(7-19-13)12(18)16-9-2-1-3-9/h4-7,9H,1-3H2,(H2,14,15)(H,16,18). The van der Waals surface area contributed by atoms with Crippen LogP contribution in [0.4, 0.5) is 5.82 Å². The molecule has 98 valence electrons. The van der Waals surface area contributed by atoms with Crippen LogP contribution in [-0.2, 0) is 0 Å². The normalized spacial score (nSPS) is 14.9. The molecule has 3 N–H and O–H groups in total. The summed E-state index contributed by atoms with van der Waals surface area (Å²) in [6, 6.07) is 3.70. The summed E-state index contributed by atoms with van der Waals surface area (Å²) in [5.41, 5.74) is 6.49. The van der Waals surface area contributed by atoms with E-state index < -0.39 is 0 Å². The molecule has 0 unspecified atom stereocenters. The molecule has 0 radical (unpaired) electrons. The van der Waals surface area contributed by atoms with Crippen LogP contribution in [0.1, 0.15) is 29.8 Å². The Hall–Kier alpha value is -2.37. The molecule has 0 atom stereocenters. The van der Waals surface area contributed by atoms with E-state index in [0.717, 1.165) is 12.8 Å². The minimum atomic E-state index is -0.192. The molecule has 3 rings (SSSR count). The van der Waals surface area contributed by atoms with Gasteiger partial charge in [-0.25, -0.2) is 9.97 Å². The lowest BCUT2D eigenvalue weighted by Gasteiger charge is -2.25. The van der Waals surface area contributed by atoms with E-state index in [0.29, 0.717) is 23.0 Å². The Kier molecular flexibility index (Phi) is 2.91. The molecule has 1 aliphatic carbocycles. The quantitative estimate of drug-likeness (QED) is 0.872. The van der Waals surface area contributed by atoms with Crippen LogP contribution < -0.4 is 11.1 Å². The van der Waals surface area contributed by atoms with Crippen molar-refractivity contribution in [2.24, 2.45) is 0 Å². The molecule has 0 saturated heterocycles. The number of nitrogens with zero attached hydrogens (tertiary/aromatic N) is 2. The van der Waals surface area contributed by atoms with Gasteiger partial charge in [-0.3, -0.25) is 4.79 Å². The number of carbonyl (C=O) groups excluding carboxylic acids is 1. The van der Waals surface area contributed by atoms with Gasteiger partial charge < -0.3 is 15.5 Å². The van der Waals surface area contributed by atoms with E-state index in [2.05, 4.69) is 15.3 Å². The fourth-order valence-electron chi connectivity index (χ4n) is 1.85. The highest BCUT2D eigenvalue weighted by molar-refractivity contribution is 5.92. The molecule has 6 heteroatoms. The van der Waals surface area contributed by atoms with E-state index in [9.17, 15) is 4.79 Å². The lowest BCUT2D eigenvalue weighted by molar-refractivity contribution is 0.0912. The Morgan fingerprint density at radius 2 is 2.26 bits per heavy atom. The second-order valence-corrected chi connectivity index (χ2v) is 4.61. The van der Waals surface area contributed by atoms with Gasteiger partial charge in [-0.1, -0.05) is 0 Å². The molecular weight excluding hydrogens is 244 g/mol. The molecular formula is C13H14N4O2. The first-order chi connectivity index (χ1) is 9.22. The van der Waals surface area contributed by atoms with Crippen molar-refractivity contribution in [1.29, 1.82) is 0 Å². The molecule has 0 aliphatic heterocycles. The molecule has 1 amide bonds. The van der Waals surface area contributed by atoms with Crippen molar-refractivity contribution >= 4 is 11.7 Å². The average molecular weight is 258 g/mol. The molecule has 2 aromatic rings. The van der Waals surface area contributed by atoms with Crippen LogP contribution in [0.15, 0.2) is 29.0 Å². The zero-order valence-corrected chi connectivity index (χ0v) is 10.3. The molecule has 1 aliphatic rings.